The number of rotatable bonds is 10. The van der Waals surface area contributed by atoms with Crippen molar-refractivity contribution in [3.8, 4) is 11.5 Å². The summed E-state index contributed by atoms with van der Waals surface area (Å²) in [7, 11) is 0. The van der Waals surface area contributed by atoms with Gasteiger partial charge in [-0.25, -0.2) is 4.98 Å². The van der Waals surface area contributed by atoms with E-state index in [4.69, 9.17) is 37.7 Å². The van der Waals surface area contributed by atoms with Gasteiger partial charge in [-0.3, -0.25) is 0 Å². The molecule has 0 aliphatic carbocycles. The molecule has 7 heteroatoms. The summed E-state index contributed by atoms with van der Waals surface area (Å²) in [5, 5.41) is 3.02. The van der Waals surface area contributed by atoms with E-state index in [2.05, 4.69) is 15.9 Å². The number of benzene rings is 2. The molecule has 5 nitrogen and oxygen atoms in total. The second kappa shape index (κ2) is 12.6. The number of halogens is 2. The third-order valence-corrected chi connectivity index (χ3v) is 8.14. The van der Waals surface area contributed by atoms with Crippen molar-refractivity contribution in [3.05, 3.63) is 40.4 Å². The smallest absolute Gasteiger partial charge is 0.140 e. The number of likely N-dealkylation sites (tertiary alicyclic amines) is 2. The van der Waals surface area contributed by atoms with Gasteiger partial charge in [0.05, 0.1) is 24.2 Å². The van der Waals surface area contributed by atoms with E-state index in [0.717, 1.165) is 36.7 Å². The molecule has 1 aromatic heterocycles. The van der Waals surface area contributed by atoms with E-state index >= 15 is 0 Å². The van der Waals surface area contributed by atoms with Crippen LogP contribution < -0.4 is 9.47 Å². The van der Waals surface area contributed by atoms with Crippen LogP contribution in [0.3, 0.4) is 0 Å². The second-order valence-electron chi connectivity index (χ2n) is 10.1. The predicted molar refractivity (Wildman–Crippen MR) is 150 cm³/mol. The van der Waals surface area contributed by atoms with Gasteiger partial charge < -0.3 is 19.3 Å². The Morgan fingerprint density at radius 1 is 0.639 bits per heavy atom. The first kappa shape index (κ1) is 25.8. The maximum absolute atomic E-state index is 6.76. The van der Waals surface area contributed by atoms with E-state index < -0.39 is 0 Å². The molecule has 0 atom stereocenters. The topological polar surface area (TPSA) is 37.8 Å². The van der Waals surface area contributed by atoms with E-state index in [9.17, 15) is 0 Å². The van der Waals surface area contributed by atoms with Gasteiger partial charge in [-0.05, 0) is 95.0 Å². The van der Waals surface area contributed by atoms with Crippen LogP contribution in [0.15, 0.2) is 30.3 Å². The quantitative estimate of drug-likeness (QED) is 0.205. The van der Waals surface area contributed by atoms with E-state index in [1.807, 2.05) is 24.3 Å². The molecule has 0 N–H and O–H groups in total. The number of nitrogens with zero attached hydrogens (tertiary/aromatic N) is 3. The van der Waals surface area contributed by atoms with Crippen LogP contribution in [-0.4, -0.2) is 67.3 Å². The molecule has 194 valence electrons. The summed E-state index contributed by atoms with van der Waals surface area (Å²) in [4.78, 5) is 9.91. The van der Waals surface area contributed by atoms with Crippen molar-refractivity contribution in [2.75, 3.05) is 52.5 Å². The van der Waals surface area contributed by atoms with Crippen LogP contribution in [0.4, 0.5) is 0 Å². The van der Waals surface area contributed by atoms with Crippen molar-refractivity contribution in [1.29, 1.82) is 0 Å². The highest BCUT2D eigenvalue weighted by Crippen LogP contribution is 2.37. The van der Waals surface area contributed by atoms with Crippen molar-refractivity contribution < 1.29 is 9.47 Å². The molecular formula is C29H37Cl2N3O2. The zero-order valence-electron chi connectivity index (χ0n) is 21.1. The summed E-state index contributed by atoms with van der Waals surface area (Å²) in [5.74, 6) is 1.35. The van der Waals surface area contributed by atoms with Crippen LogP contribution in [0, 0.1) is 0 Å². The van der Waals surface area contributed by atoms with Crippen LogP contribution in [0.2, 0.25) is 10.0 Å². The third-order valence-electron chi connectivity index (χ3n) is 7.41. The Kier molecular flexibility index (Phi) is 9.07. The lowest BCUT2D eigenvalue weighted by Gasteiger charge is -2.26. The summed E-state index contributed by atoms with van der Waals surface area (Å²) < 4.78 is 12.1. The van der Waals surface area contributed by atoms with Gasteiger partial charge in [0.25, 0.3) is 0 Å². The standard InChI is InChI=1S/C29H37Cl2N3O2/c30-26-24(35-19-7-17-33-13-3-1-4-14-33)11-9-22-21-23-10-12-25(27(31)29(23)32-28(22)26)36-20-8-18-34-15-5-2-6-16-34/h9-12,21H,1-8,13-20H2. The maximum atomic E-state index is 6.76. The van der Waals surface area contributed by atoms with Gasteiger partial charge in [0.1, 0.15) is 21.5 Å². The molecule has 0 bridgehead atoms. The minimum Gasteiger partial charge on any atom is -0.492 e. The molecule has 3 aromatic rings. The first-order valence-corrected chi connectivity index (χ1v) is 14.4. The van der Waals surface area contributed by atoms with Gasteiger partial charge in [-0.2, -0.15) is 0 Å². The molecule has 0 amide bonds. The molecule has 2 fully saturated rings. The number of hydrogen-bond donors (Lipinski definition) is 0. The average molecular weight is 531 g/mol. The summed E-state index contributed by atoms with van der Waals surface area (Å²) in [6.07, 6.45) is 9.94. The molecule has 2 saturated heterocycles. The Morgan fingerprint density at radius 3 is 1.53 bits per heavy atom. The molecule has 2 aliphatic heterocycles. The largest absolute Gasteiger partial charge is 0.492 e. The third kappa shape index (κ3) is 6.36. The molecular weight excluding hydrogens is 493 g/mol. The minimum absolute atomic E-state index is 0.538. The normalized spacial score (nSPS) is 17.6. The van der Waals surface area contributed by atoms with Crippen LogP contribution in [0.25, 0.3) is 21.8 Å². The van der Waals surface area contributed by atoms with Gasteiger partial charge in [0.15, 0.2) is 0 Å². The van der Waals surface area contributed by atoms with Crippen molar-refractivity contribution in [2.24, 2.45) is 0 Å². The zero-order valence-corrected chi connectivity index (χ0v) is 22.6. The first-order chi connectivity index (χ1) is 17.7. The fourth-order valence-electron chi connectivity index (χ4n) is 5.39. The molecule has 0 spiro atoms. The number of ether oxygens (including phenoxy) is 2. The molecule has 0 unspecified atom stereocenters. The summed E-state index contributed by atoms with van der Waals surface area (Å²) in [6, 6.07) is 10.0. The number of hydrogen-bond acceptors (Lipinski definition) is 5. The monoisotopic (exact) mass is 529 g/mol. The van der Waals surface area contributed by atoms with Crippen molar-refractivity contribution in [2.45, 2.75) is 51.4 Å². The van der Waals surface area contributed by atoms with Crippen molar-refractivity contribution >= 4 is 45.0 Å². The fraction of sp³-hybridized carbons (Fsp3) is 0.552. The van der Waals surface area contributed by atoms with Gasteiger partial charge >= 0.3 is 0 Å². The molecule has 0 saturated carbocycles. The number of pyridine rings is 1. The van der Waals surface area contributed by atoms with Crippen LogP contribution in [-0.2, 0) is 0 Å². The Bertz CT molecular complexity index is 1070. The predicted octanol–water partition coefficient (Wildman–Crippen LogP) is 7.20. The van der Waals surface area contributed by atoms with Crippen LogP contribution >= 0.6 is 23.2 Å². The van der Waals surface area contributed by atoms with Gasteiger partial charge in [-0.15, -0.1) is 0 Å². The van der Waals surface area contributed by atoms with Crippen molar-refractivity contribution in [3.63, 3.8) is 0 Å². The highest BCUT2D eigenvalue weighted by Gasteiger charge is 2.15. The lowest BCUT2D eigenvalue weighted by atomic mass is 10.1. The second-order valence-corrected chi connectivity index (χ2v) is 10.9. The summed E-state index contributed by atoms with van der Waals surface area (Å²) in [5.41, 5.74) is 1.42. The highest BCUT2D eigenvalue weighted by atomic mass is 35.5. The summed E-state index contributed by atoms with van der Waals surface area (Å²) >= 11 is 13.5. The zero-order chi connectivity index (χ0) is 24.7. The highest BCUT2D eigenvalue weighted by molar-refractivity contribution is 6.38. The first-order valence-electron chi connectivity index (χ1n) is 13.6. The van der Waals surface area contributed by atoms with Crippen molar-refractivity contribution in [1.82, 2.24) is 14.8 Å². The van der Waals surface area contributed by atoms with E-state index in [1.165, 1.54) is 64.7 Å². The molecule has 2 aliphatic rings. The molecule has 3 heterocycles. The Hall–Kier alpha value is -1.79. The van der Waals surface area contributed by atoms with E-state index in [1.54, 1.807) is 0 Å². The SMILES string of the molecule is Clc1c(OCCCN2CCCCC2)ccc2cc3ccc(OCCCN4CCCCC4)c(Cl)c3nc12. The molecule has 2 aromatic carbocycles. The van der Waals surface area contributed by atoms with Gasteiger partial charge in [0, 0.05) is 23.9 Å². The molecule has 0 radical (unpaired) electrons. The average Bonchev–Trinajstić information content (AvgIpc) is 2.92. The Balaban J connectivity index is 1.23. The van der Waals surface area contributed by atoms with Gasteiger partial charge in [-0.1, -0.05) is 36.0 Å². The van der Waals surface area contributed by atoms with E-state index in [0.29, 0.717) is 45.8 Å². The van der Waals surface area contributed by atoms with Crippen LogP contribution in [0.1, 0.15) is 51.4 Å². The Morgan fingerprint density at radius 2 is 1.08 bits per heavy atom. The molecule has 36 heavy (non-hydrogen) atoms. The number of fused-ring (bicyclic) bond motifs is 2. The number of aromatic nitrogens is 1. The van der Waals surface area contributed by atoms with Crippen LogP contribution in [0.5, 0.6) is 11.5 Å². The summed E-state index contributed by atoms with van der Waals surface area (Å²) in [6.45, 7) is 8.26. The minimum atomic E-state index is 0.538. The lowest BCUT2D eigenvalue weighted by molar-refractivity contribution is 0.205. The fourth-order valence-corrected chi connectivity index (χ4v) is 5.93. The Labute approximate surface area is 224 Å². The number of piperidine rings is 2. The maximum Gasteiger partial charge on any atom is 0.140 e. The van der Waals surface area contributed by atoms with Gasteiger partial charge in [0.2, 0.25) is 0 Å². The molecule has 5 rings (SSSR count). The van der Waals surface area contributed by atoms with E-state index in [-0.39, 0.29) is 0 Å². The lowest BCUT2D eigenvalue weighted by Crippen LogP contribution is -2.31.